The van der Waals surface area contributed by atoms with E-state index in [4.69, 9.17) is 4.74 Å². The van der Waals surface area contributed by atoms with Crippen molar-refractivity contribution in [1.29, 1.82) is 0 Å². The third-order valence-corrected chi connectivity index (χ3v) is 9.07. The van der Waals surface area contributed by atoms with Crippen LogP contribution in [0.3, 0.4) is 0 Å². The molecule has 0 aliphatic carbocycles. The van der Waals surface area contributed by atoms with Crippen LogP contribution in [0.2, 0.25) is 0 Å². The number of alkyl halides is 7. The van der Waals surface area contributed by atoms with Gasteiger partial charge in [0.15, 0.2) is 0 Å². The van der Waals surface area contributed by atoms with Crippen molar-refractivity contribution in [2.75, 3.05) is 19.6 Å². The van der Waals surface area contributed by atoms with Crippen molar-refractivity contribution in [3.8, 4) is 22.6 Å². The summed E-state index contributed by atoms with van der Waals surface area (Å²) in [5, 5.41) is 12.0. The smallest absolute Gasteiger partial charge is 0.417 e. The lowest BCUT2D eigenvalue weighted by molar-refractivity contribution is -0.139. The summed E-state index contributed by atoms with van der Waals surface area (Å²) < 4.78 is 137. The third-order valence-electron chi connectivity index (χ3n) is 9.07. The summed E-state index contributed by atoms with van der Waals surface area (Å²) in [6.07, 6.45) is -12.0. The minimum absolute atomic E-state index is 0.0418. The van der Waals surface area contributed by atoms with Crippen molar-refractivity contribution >= 4 is 11.9 Å². The summed E-state index contributed by atoms with van der Waals surface area (Å²) in [5.74, 6) is -6.13. The first-order chi connectivity index (χ1) is 24.8. The highest BCUT2D eigenvalue weighted by Crippen LogP contribution is 2.45. The molecule has 3 aromatic carbocycles. The fourth-order valence-electron chi connectivity index (χ4n) is 6.57. The monoisotopic (exact) mass is 753 g/mol. The summed E-state index contributed by atoms with van der Waals surface area (Å²) in [4.78, 5) is 41.3. The van der Waals surface area contributed by atoms with Crippen LogP contribution in [0.25, 0.3) is 11.1 Å². The molecule has 2 atom stereocenters. The molecular formula is C36H28F9N3O5. The van der Waals surface area contributed by atoms with Crippen molar-refractivity contribution in [3.63, 3.8) is 0 Å². The highest BCUT2D eigenvalue weighted by Gasteiger charge is 2.39. The Balaban J connectivity index is 1.61. The van der Waals surface area contributed by atoms with E-state index in [9.17, 15) is 50.2 Å². The van der Waals surface area contributed by atoms with E-state index in [0.29, 0.717) is 10.8 Å². The number of carboxylic acid groups (broad SMARTS) is 1. The van der Waals surface area contributed by atoms with Crippen molar-refractivity contribution in [3.05, 3.63) is 116 Å². The minimum atomic E-state index is -5.06. The molecule has 1 fully saturated rings. The maximum absolute atomic E-state index is 15.9. The topological polar surface area (TPSA) is 101 Å². The molecular weight excluding hydrogens is 725 g/mol. The number of nitrogens with zero attached hydrogens (tertiary/aromatic N) is 2. The van der Waals surface area contributed by atoms with Gasteiger partial charge in [-0.3, -0.25) is 23.9 Å². The number of carbonyl (C=O) groups is 2. The van der Waals surface area contributed by atoms with E-state index in [1.807, 2.05) is 0 Å². The first kappa shape index (κ1) is 37.4. The number of aliphatic carboxylic acids is 1. The zero-order valence-electron chi connectivity index (χ0n) is 27.4. The number of benzene rings is 3. The van der Waals surface area contributed by atoms with Gasteiger partial charge in [-0.25, -0.2) is 13.2 Å². The van der Waals surface area contributed by atoms with Crippen LogP contribution in [-0.2, 0) is 28.4 Å². The number of ether oxygens (including phenoxy) is 1. The predicted octanol–water partition coefficient (Wildman–Crippen LogP) is 7.36. The van der Waals surface area contributed by atoms with E-state index >= 15 is 8.78 Å². The Morgan fingerprint density at radius 1 is 0.943 bits per heavy atom. The maximum Gasteiger partial charge on any atom is 0.417 e. The zero-order valence-corrected chi connectivity index (χ0v) is 27.4. The van der Waals surface area contributed by atoms with Crippen LogP contribution >= 0.6 is 0 Å². The molecule has 0 spiro atoms. The van der Waals surface area contributed by atoms with Crippen molar-refractivity contribution in [1.82, 2.24) is 14.8 Å². The molecule has 2 N–H and O–H groups in total. The van der Waals surface area contributed by atoms with Gasteiger partial charge in [-0.05, 0) is 72.5 Å². The van der Waals surface area contributed by atoms with Gasteiger partial charge in [0.05, 0.1) is 23.6 Å². The fourth-order valence-corrected chi connectivity index (χ4v) is 6.57. The van der Waals surface area contributed by atoms with E-state index in [0.717, 1.165) is 48.5 Å². The molecule has 8 nitrogen and oxygen atoms in total. The second-order valence-electron chi connectivity index (χ2n) is 12.8. The molecule has 0 radical (unpaired) electrons. The first-order valence-electron chi connectivity index (χ1n) is 16.0. The average Bonchev–Trinajstić information content (AvgIpc) is 3.04. The molecule has 53 heavy (non-hydrogen) atoms. The number of aryl methyl sites for hydroxylation is 1. The van der Waals surface area contributed by atoms with Crippen LogP contribution in [0.1, 0.15) is 51.9 Å². The van der Waals surface area contributed by atoms with Crippen LogP contribution < -0.4 is 15.6 Å². The molecule has 280 valence electrons. The van der Waals surface area contributed by atoms with Crippen LogP contribution in [-0.4, -0.2) is 52.3 Å². The van der Waals surface area contributed by atoms with E-state index < -0.39 is 105 Å². The lowest BCUT2D eigenvalue weighted by Crippen LogP contribution is -2.49. The van der Waals surface area contributed by atoms with Crippen molar-refractivity contribution < 1.29 is 58.9 Å². The molecule has 4 bridgehead atoms. The Hall–Kier alpha value is -5.32. The minimum Gasteiger partial charge on any atom is -0.481 e. The van der Waals surface area contributed by atoms with Gasteiger partial charge in [-0.15, -0.1) is 0 Å². The number of nitrogens with one attached hydrogen (secondary N) is 1. The lowest BCUT2D eigenvalue weighted by atomic mass is 9.91. The largest absolute Gasteiger partial charge is 0.481 e. The molecule has 3 heterocycles. The van der Waals surface area contributed by atoms with Crippen LogP contribution in [0.4, 0.5) is 39.5 Å². The Morgan fingerprint density at radius 2 is 1.64 bits per heavy atom. The number of carboxylic acids is 1. The Kier molecular flexibility index (Phi) is 9.83. The summed E-state index contributed by atoms with van der Waals surface area (Å²) in [5.41, 5.74) is -7.00. The number of likely N-dealkylation sites (tertiary alicyclic amines) is 1. The molecule has 1 aromatic heterocycles. The van der Waals surface area contributed by atoms with Gasteiger partial charge in [-0.2, -0.15) is 26.3 Å². The summed E-state index contributed by atoms with van der Waals surface area (Å²) >= 11 is 0. The molecule has 1 saturated heterocycles. The van der Waals surface area contributed by atoms with Gasteiger partial charge in [0, 0.05) is 48.6 Å². The first-order valence-corrected chi connectivity index (χ1v) is 16.0. The summed E-state index contributed by atoms with van der Waals surface area (Å²) in [6.45, 7) is 1.03. The Labute approximate surface area is 294 Å². The van der Waals surface area contributed by atoms with Gasteiger partial charge in [0.25, 0.3) is 5.56 Å². The van der Waals surface area contributed by atoms with E-state index in [2.05, 4.69) is 5.32 Å². The second kappa shape index (κ2) is 13.9. The Bertz CT molecular complexity index is 2160. The van der Waals surface area contributed by atoms with Crippen LogP contribution in [0.5, 0.6) is 11.5 Å². The van der Waals surface area contributed by atoms with E-state index in [-0.39, 0.29) is 49.0 Å². The number of rotatable bonds is 6. The highest BCUT2D eigenvalue weighted by molar-refractivity contribution is 5.85. The summed E-state index contributed by atoms with van der Waals surface area (Å²) in [7, 11) is 0. The van der Waals surface area contributed by atoms with Crippen LogP contribution in [0.15, 0.2) is 65.6 Å². The molecule has 0 unspecified atom stereocenters. The van der Waals surface area contributed by atoms with Crippen LogP contribution in [0, 0.1) is 18.6 Å². The SMILES string of the molecule is Cc1cc2cc(c1F)[C@H](CC(=O)O)NC(=O)[C@H](n1cc(CCN3CC(F)C3)c(C(F)(F)F)cc1=O)c1cc(ccc1F)Oc1cccc(C(F)(F)F)c1-2. The van der Waals surface area contributed by atoms with E-state index in [1.54, 1.807) is 0 Å². The number of hydrogen-bond acceptors (Lipinski definition) is 5. The molecule has 4 aromatic rings. The number of amides is 1. The highest BCUT2D eigenvalue weighted by atomic mass is 19.4. The number of aromatic nitrogens is 1. The van der Waals surface area contributed by atoms with Gasteiger partial charge >= 0.3 is 18.3 Å². The van der Waals surface area contributed by atoms with Gasteiger partial charge in [0.2, 0.25) is 5.91 Å². The number of fused-ring (bicyclic) bond motifs is 6. The predicted molar refractivity (Wildman–Crippen MR) is 170 cm³/mol. The number of hydrogen-bond donors (Lipinski definition) is 2. The lowest BCUT2D eigenvalue weighted by Gasteiger charge is -2.34. The number of pyridine rings is 1. The molecule has 2 aliphatic rings. The van der Waals surface area contributed by atoms with Gasteiger partial charge in [-0.1, -0.05) is 6.07 Å². The number of carbonyl (C=O) groups excluding carboxylic acids is 1. The summed E-state index contributed by atoms with van der Waals surface area (Å²) in [6, 6.07) is 3.60. The van der Waals surface area contributed by atoms with Gasteiger partial charge in [0.1, 0.15) is 35.3 Å². The Morgan fingerprint density at radius 3 is 2.28 bits per heavy atom. The fraction of sp³-hybridized carbons (Fsp3) is 0.306. The quantitative estimate of drug-likeness (QED) is 0.200. The van der Waals surface area contributed by atoms with Gasteiger partial charge < -0.3 is 15.2 Å². The average molecular weight is 754 g/mol. The zero-order chi connectivity index (χ0) is 38.6. The second-order valence-corrected chi connectivity index (χ2v) is 12.8. The third kappa shape index (κ3) is 7.61. The molecule has 17 heteroatoms. The molecule has 2 aliphatic heterocycles. The molecule has 1 amide bonds. The maximum atomic E-state index is 15.9. The number of halogens is 9. The standard InChI is InChI=1S/C36H28F9N3O5/c1-17-9-19-10-23(32(17)39)27(13-30(50)51)46-34(52)33(48-14-18(7-8-47-15-20(37)16-47)25(12-29(48)49)36(43,44)45)22-11-21(5-6-26(22)38)53-28-4-2-3-24(31(19)28)35(40,41)42/h2-6,9-12,14,20,27,33H,7-8,13,15-16H2,1H3,(H,46,52)(H,50,51)/t27-,33+/m0/s1. The van der Waals surface area contributed by atoms with Crippen molar-refractivity contribution in [2.24, 2.45) is 0 Å². The van der Waals surface area contributed by atoms with Crippen molar-refractivity contribution in [2.45, 2.75) is 50.4 Å². The van der Waals surface area contributed by atoms with E-state index in [1.165, 1.54) is 11.8 Å². The molecule has 0 saturated carbocycles. The normalized spacial score (nSPS) is 18.1. The molecule has 6 rings (SSSR count).